The van der Waals surface area contributed by atoms with Crippen LogP contribution in [-0.2, 0) is 0 Å². The second kappa shape index (κ2) is 2.29. The lowest BCUT2D eigenvalue weighted by Crippen LogP contribution is -2.33. The molecule has 0 unspecified atom stereocenters. The number of aromatic hydroxyl groups is 2. The number of hydrogen-bond donors (Lipinski definition) is 2. The van der Waals surface area contributed by atoms with Crippen molar-refractivity contribution in [2.24, 2.45) is 0 Å². The number of benzene rings is 2. The number of rotatable bonds is 0. The molecule has 2 heterocycles. The molecule has 0 atom stereocenters. The number of phenolic OH excluding ortho intramolecular Hbond substituents is 2. The molecule has 0 saturated carbocycles. The molecule has 0 spiro atoms. The van der Waals surface area contributed by atoms with Crippen molar-refractivity contribution >= 4 is 18.1 Å². The third kappa shape index (κ3) is 0.712. The zero-order chi connectivity index (χ0) is 10.9. The normalized spacial score (nSPS) is 14.9. The monoisotopic (exact) mass is 216 g/mol. The standard InChI is InChI=1S/C10H5BO5/c12-7-4-2-1-3-5-6(4)9-10(8(7)13)16-11(14-5)15-9/h1-3,12-13H. The van der Waals surface area contributed by atoms with E-state index < -0.39 is 7.32 Å². The van der Waals surface area contributed by atoms with Crippen molar-refractivity contribution in [2.75, 3.05) is 0 Å². The first-order valence-corrected chi connectivity index (χ1v) is 4.76. The van der Waals surface area contributed by atoms with Crippen LogP contribution in [0.1, 0.15) is 0 Å². The highest BCUT2D eigenvalue weighted by Crippen LogP contribution is 2.56. The van der Waals surface area contributed by atoms with Gasteiger partial charge in [-0.2, -0.15) is 0 Å². The van der Waals surface area contributed by atoms with E-state index in [1.807, 2.05) is 0 Å². The molecule has 2 N–H and O–H groups in total. The first-order chi connectivity index (χ1) is 7.75. The zero-order valence-electron chi connectivity index (χ0n) is 7.93. The summed E-state index contributed by atoms with van der Waals surface area (Å²) >= 11 is 0. The summed E-state index contributed by atoms with van der Waals surface area (Å²) in [6.45, 7) is 0. The molecule has 2 bridgehead atoms. The summed E-state index contributed by atoms with van der Waals surface area (Å²) < 4.78 is 15.9. The lowest BCUT2D eigenvalue weighted by molar-refractivity contribution is 0.339. The van der Waals surface area contributed by atoms with Gasteiger partial charge in [0.05, 0.1) is 5.39 Å². The molecule has 4 rings (SSSR count). The van der Waals surface area contributed by atoms with Gasteiger partial charge in [0.1, 0.15) is 5.75 Å². The van der Waals surface area contributed by atoms with Gasteiger partial charge in [-0.05, 0) is 6.07 Å². The molecule has 78 valence electrons. The minimum absolute atomic E-state index is 0.139. The van der Waals surface area contributed by atoms with Gasteiger partial charge in [0, 0.05) is 5.39 Å². The maximum absolute atomic E-state index is 9.82. The summed E-state index contributed by atoms with van der Waals surface area (Å²) in [7, 11) is -0.874. The van der Waals surface area contributed by atoms with Crippen molar-refractivity contribution in [3.05, 3.63) is 18.2 Å². The Morgan fingerprint density at radius 1 is 0.938 bits per heavy atom. The summed E-state index contributed by atoms with van der Waals surface area (Å²) in [6.07, 6.45) is 0. The average Bonchev–Trinajstić information content (AvgIpc) is 2.64. The highest BCUT2D eigenvalue weighted by Gasteiger charge is 2.46. The van der Waals surface area contributed by atoms with Crippen LogP contribution in [0.4, 0.5) is 0 Å². The second-order valence-electron chi connectivity index (χ2n) is 3.68. The van der Waals surface area contributed by atoms with Gasteiger partial charge in [-0.25, -0.2) is 0 Å². The third-order valence-electron chi connectivity index (χ3n) is 2.81. The molecule has 0 fully saturated rings. The van der Waals surface area contributed by atoms with E-state index in [1.54, 1.807) is 18.2 Å². The van der Waals surface area contributed by atoms with E-state index in [0.29, 0.717) is 22.3 Å². The second-order valence-corrected chi connectivity index (χ2v) is 3.68. The maximum atomic E-state index is 9.82. The van der Waals surface area contributed by atoms with Gasteiger partial charge in [0.2, 0.25) is 5.75 Å². The molecular formula is C10H5BO5. The number of fused-ring (bicyclic) bond motifs is 1. The summed E-state index contributed by atoms with van der Waals surface area (Å²) in [5.41, 5.74) is 0. The van der Waals surface area contributed by atoms with Crippen molar-refractivity contribution in [3.8, 4) is 28.7 Å². The van der Waals surface area contributed by atoms with E-state index in [-0.39, 0.29) is 17.2 Å². The highest BCUT2D eigenvalue weighted by atomic mass is 16.8. The predicted octanol–water partition coefficient (Wildman–Crippen LogP) is 1.40. The Morgan fingerprint density at radius 3 is 2.62 bits per heavy atom. The molecule has 6 heteroatoms. The lowest BCUT2D eigenvalue weighted by Gasteiger charge is -2.15. The Labute approximate surface area is 90.0 Å². The van der Waals surface area contributed by atoms with E-state index in [4.69, 9.17) is 14.0 Å². The van der Waals surface area contributed by atoms with Gasteiger partial charge >= 0.3 is 7.32 Å². The maximum Gasteiger partial charge on any atom is 0.864 e. The highest BCUT2D eigenvalue weighted by molar-refractivity contribution is 6.43. The van der Waals surface area contributed by atoms with Gasteiger partial charge in [-0.3, -0.25) is 0 Å². The summed E-state index contributed by atoms with van der Waals surface area (Å²) in [4.78, 5) is 0. The minimum Gasteiger partial charge on any atom is -0.504 e. The Bertz CT molecular complexity index is 639. The SMILES string of the molecule is Oc1c2c3c4c(cccc4c1O)OB(O2)O3. The Kier molecular flexibility index (Phi) is 1.14. The predicted molar refractivity (Wildman–Crippen MR) is 54.9 cm³/mol. The molecule has 2 aromatic carbocycles. The van der Waals surface area contributed by atoms with Crippen molar-refractivity contribution in [2.45, 2.75) is 0 Å². The van der Waals surface area contributed by atoms with Gasteiger partial charge in [0.15, 0.2) is 17.2 Å². The fourth-order valence-corrected chi connectivity index (χ4v) is 2.11. The van der Waals surface area contributed by atoms with Gasteiger partial charge in [-0.15, -0.1) is 0 Å². The quantitative estimate of drug-likeness (QED) is 0.514. The zero-order valence-corrected chi connectivity index (χ0v) is 7.93. The summed E-state index contributed by atoms with van der Waals surface area (Å²) in [5, 5.41) is 20.7. The van der Waals surface area contributed by atoms with Crippen LogP contribution < -0.4 is 14.0 Å². The molecule has 2 aromatic rings. The van der Waals surface area contributed by atoms with E-state index in [2.05, 4.69) is 0 Å². The molecule has 5 nitrogen and oxygen atoms in total. The first kappa shape index (κ1) is 7.98. The fraction of sp³-hybridized carbons (Fsp3) is 0. The van der Waals surface area contributed by atoms with Crippen LogP contribution in [0.2, 0.25) is 0 Å². The summed E-state index contributed by atoms with van der Waals surface area (Å²) in [6, 6.07) is 5.17. The van der Waals surface area contributed by atoms with Crippen molar-refractivity contribution in [3.63, 3.8) is 0 Å². The molecule has 0 radical (unpaired) electrons. The molecule has 16 heavy (non-hydrogen) atoms. The largest absolute Gasteiger partial charge is 0.864 e. The van der Waals surface area contributed by atoms with Gasteiger partial charge < -0.3 is 24.2 Å². The van der Waals surface area contributed by atoms with Crippen LogP contribution in [0.15, 0.2) is 18.2 Å². The average molecular weight is 216 g/mol. The van der Waals surface area contributed by atoms with Crippen molar-refractivity contribution in [1.82, 2.24) is 0 Å². The third-order valence-corrected chi connectivity index (χ3v) is 2.81. The minimum atomic E-state index is -0.874. The molecule has 2 aliphatic heterocycles. The van der Waals surface area contributed by atoms with Crippen molar-refractivity contribution in [1.29, 1.82) is 0 Å². The van der Waals surface area contributed by atoms with Crippen LogP contribution in [0.5, 0.6) is 28.7 Å². The fourth-order valence-electron chi connectivity index (χ4n) is 2.11. The molecule has 2 aliphatic rings. The summed E-state index contributed by atoms with van der Waals surface area (Å²) in [5.74, 6) is 0.618. The van der Waals surface area contributed by atoms with E-state index >= 15 is 0 Å². The molecule has 0 aromatic heterocycles. The van der Waals surface area contributed by atoms with Crippen LogP contribution in [0.25, 0.3) is 10.8 Å². The molecule has 0 saturated heterocycles. The van der Waals surface area contributed by atoms with E-state index in [1.165, 1.54) is 0 Å². The molecule has 0 amide bonds. The number of hydrogen-bond acceptors (Lipinski definition) is 5. The van der Waals surface area contributed by atoms with Crippen LogP contribution in [0.3, 0.4) is 0 Å². The van der Waals surface area contributed by atoms with Crippen molar-refractivity contribution < 1.29 is 24.2 Å². The Hall–Kier alpha value is -2.24. The number of phenols is 2. The van der Waals surface area contributed by atoms with Crippen LogP contribution >= 0.6 is 0 Å². The van der Waals surface area contributed by atoms with Gasteiger partial charge in [-0.1, -0.05) is 12.1 Å². The van der Waals surface area contributed by atoms with Gasteiger partial charge in [0.25, 0.3) is 0 Å². The van der Waals surface area contributed by atoms with E-state index in [9.17, 15) is 10.2 Å². The first-order valence-electron chi connectivity index (χ1n) is 4.76. The topological polar surface area (TPSA) is 68.2 Å². The molecule has 0 aliphatic carbocycles. The smallest absolute Gasteiger partial charge is 0.504 e. The Morgan fingerprint density at radius 2 is 1.75 bits per heavy atom. The lowest BCUT2D eigenvalue weighted by atomic mass is 10.0. The van der Waals surface area contributed by atoms with E-state index in [0.717, 1.165) is 0 Å². The van der Waals surface area contributed by atoms with Crippen LogP contribution in [0, 0.1) is 0 Å². The molecular weight excluding hydrogens is 211 g/mol. The van der Waals surface area contributed by atoms with Crippen LogP contribution in [-0.4, -0.2) is 17.5 Å². The Balaban J connectivity index is 2.31.